The van der Waals surface area contributed by atoms with Crippen molar-refractivity contribution in [3.63, 3.8) is 0 Å². The van der Waals surface area contributed by atoms with Crippen molar-refractivity contribution in [1.29, 1.82) is 0 Å². The van der Waals surface area contributed by atoms with Crippen molar-refractivity contribution < 1.29 is 38.1 Å². The zero-order valence-electron chi connectivity index (χ0n) is 33.9. The van der Waals surface area contributed by atoms with Gasteiger partial charge in [-0.2, -0.15) is 0 Å². The Morgan fingerprint density at radius 2 is 1.45 bits per heavy atom. The number of nitrogens with zero attached hydrogens (tertiary/aromatic N) is 3. The van der Waals surface area contributed by atoms with Gasteiger partial charge in [0.2, 0.25) is 0 Å². The highest BCUT2D eigenvalue weighted by Crippen LogP contribution is 2.42. The zero-order chi connectivity index (χ0) is 41.3. The summed E-state index contributed by atoms with van der Waals surface area (Å²) >= 11 is 0. The van der Waals surface area contributed by atoms with E-state index < -0.39 is 0 Å². The minimum Gasteiger partial charge on any atom is -0.494 e. The number of anilines is 3. The Hall–Kier alpha value is -6.82. The number of para-hydroxylation sites is 2. The SMILES string of the molecule is COC(=O)CCCCOc1cc(COc2cc3c(cc2C)C(=O)N2c4ccccc4C[C@H]2CN3)cc(COc2cc3c(cc2OC)C(=O)N2c4ccccc4C[C@H]2C=N3)c1. The van der Waals surface area contributed by atoms with Crippen LogP contribution in [0.3, 0.4) is 0 Å². The molecule has 60 heavy (non-hydrogen) atoms. The fourth-order valence-electron chi connectivity index (χ4n) is 8.58. The number of aryl methyl sites for hydroxylation is 1. The lowest BCUT2D eigenvalue weighted by molar-refractivity contribution is -0.140. The molecule has 4 aliphatic heterocycles. The first-order valence-corrected chi connectivity index (χ1v) is 20.3. The highest BCUT2D eigenvalue weighted by Gasteiger charge is 2.38. The summed E-state index contributed by atoms with van der Waals surface area (Å²) in [6, 6.07) is 29.0. The number of ether oxygens (including phenoxy) is 5. The Balaban J connectivity index is 0.938. The van der Waals surface area contributed by atoms with Crippen LogP contribution in [0.25, 0.3) is 0 Å². The summed E-state index contributed by atoms with van der Waals surface area (Å²) in [5, 5.41) is 3.52. The van der Waals surface area contributed by atoms with Crippen molar-refractivity contribution in [3.8, 4) is 23.0 Å². The summed E-state index contributed by atoms with van der Waals surface area (Å²) in [6.45, 7) is 3.36. The maximum absolute atomic E-state index is 13.9. The molecular formula is C48H46N4O8. The number of unbranched alkanes of at least 4 members (excludes halogenated alkanes) is 1. The van der Waals surface area contributed by atoms with Crippen LogP contribution in [0, 0.1) is 6.92 Å². The maximum Gasteiger partial charge on any atom is 0.305 e. The van der Waals surface area contributed by atoms with Crippen LogP contribution in [0.5, 0.6) is 23.0 Å². The molecule has 306 valence electrons. The number of fused-ring (bicyclic) bond motifs is 8. The molecule has 0 spiro atoms. The molecule has 0 bridgehead atoms. The number of carbonyl (C=O) groups is 3. The van der Waals surface area contributed by atoms with Gasteiger partial charge >= 0.3 is 5.97 Å². The van der Waals surface area contributed by atoms with E-state index in [9.17, 15) is 14.4 Å². The summed E-state index contributed by atoms with van der Waals surface area (Å²) in [6.07, 6.45) is 4.97. The van der Waals surface area contributed by atoms with Crippen molar-refractivity contribution in [2.45, 2.75) is 64.3 Å². The third-order valence-corrected chi connectivity index (χ3v) is 11.6. The average molecular weight is 807 g/mol. The van der Waals surface area contributed by atoms with Gasteiger partial charge in [-0.15, -0.1) is 0 Å². The Bertz CT molecular complexity index is 2530. The molecule has 1 N–H and O–H groups in total. The van der Waals surface area contributed by atoms with Crippen molar-refractivity contribution in [2.24, 2.45) is 4.99 Å². The van der Waals surface area contributed by atoms with E-state index in [2.05, 4.69) is 11.4 Å². The molecule has 0 aliphatic carbocycles. The van der Waals surface area contributed by atoms with Gasteiger partial charge in [-0.1, -0.05) is 36.4 Å². The molecule has 0 saturated carbocycles. The topological polar surface area (TPSA) is 128 Å². The molecule has 2 amide bonds. The highest BCUT2D eigenvalue weighted by molar-refractivity contribution is 6.15. The van der Waals surface area contributed by atoms with Gasteiger partial charge in [-0.25, -0.2) is 0 Å². The van der Waals surface area contributed by atoms with E-state index >= 15 is 0 Å². The molecule has 5 aromatic rings. The molecule has 12 nitrogen and oxygen atoms in total. The molecule has 0 fully saturated rings. The van der Waals surface area contributed by atoms with Gasteiger partial charge in [0, 0.05) is 49.1 Å². The van der Waals surface area contributed by atoms with Crippen LogP contribution in [0.1, 0.15) is 67.8 Å². The lowest BCUT2D eigenvalue weighted by atomic mass is 10.1. The second kappa shape index (κ2) is 16.4. The van der Waals surface area contributed by atoms with Crippen molar-refractivity contribution in [3.05, 3.63) is 130 Å². The normalized spacial score (nSPS) is 16.9. The number of benzene rings is 5. The van der Waals surface area contributed by atoms with Crippen LogP contribution in [-0.2, 0) is 35.6 Å². The molecule has 2 atom stereocenters. The monoisotopic (exact) mass is 806 g/mol. The molecular weight excluding hydrogens is 761 g/mol. The summed E-state index contributed by atoms with van der Waals surface area (Å²) in [5.41, 5.74) is 9.00. The number of carbonyl (C=O) groups excluding carboxylic acids is 3. The fourth-order valence-corrected chi connectivity index (χ4v) is 8.58. The van der Waals surface area contributed by atoms with Gasteiger partial charge in [0.25, 0.3) is 11.8 Å². The van der Waals surface area contributed by atoms with Crippen LogP contribution in [0.15, 0.2) is 96.0 Å². The van der Waals surface area contributed by atoms with E-state index in [1.165, 1.54) is 12.7 Å². The number of esters is 1. The standard InChI is InChI=1S/C48H46N4O8/c1-29-16-37-39(49-25-34-20-32-10-4-6-12-41(32)51(34)47(37)54)23-43(29)59-27-30-17-31(19-36(18-30)58-15-9-8-14-46(53)57-3)28-60-45-24-40-38(22-44(45)56-2)48(55)52-35(26-50-40)21-33-11-5-7-13-42(33)52/h4-7,10-13,16-19,22-24,26,34-35,49H,8-9,14-15,20-21,25,27-28H2,1-3H3/t34-,35-/m0/s1. The van der Waals surface area contributed by atoms with E-state index in [4.69, 9.17) is 28.7 Å². The molecule has 5 aromatic carbocycles. The van der Waals surface area contributed by atoms with Gasteiger partial charge in [-0.3, -0.25) is 24.3 Å². The molecule has 0 unspecified atom stereocenters. The minimum absolute atomic E-state index is 0.0173. The lowest BCUT2D eigenvalue weighted by Crippen LogP contribution is -2.39. The van der Waals surface area contributed by atoms with Gasteiger partial charge < -0.3 is 33.9 Å². The Morgan fingerprint density at radius 3 is 2.20 bits per heavy atom. The average Bonchev–Trinajstić information content (AvgIpc) is 3.76. The maximum atomic E-state index is 13.9. The predicted octanol–water partition coefficient (Wildman–Crippen LogP) is 8.17. The largest absolute Gasteiger partial charge is 0.494 e. The molecule has 4 heterocycles. The number of hydrogen-bond acceptors (Lipinski definition) is 10. The predicted molar refractivity (Wildman–Crippen MR) is 229 cm³/mol. The van der Waals surface area contributed by atoms with Crippen LogP contribution in [-0.4, -0.2) is 63.5 Å². The molecule has 0 aromatic heterocycles. The lowest BCUT2D eigenvalue weighted by Gasteiger charge is -2.22. The molecule has 0 radical (unpaired) electrons. The highest BCUT2D eigenvalue weighted by atomic mass is 16.5. The molecule has 4 aliphatic rings. The summed E-state index contributed by atoms with van der Waals surface area (Å²) in [4.78, 5) is 48.0. The van der Waals surface area contributed by atoms with E-state index in [0.29, 0.717) is 78.6 Å². The van der Waals surface area contributed by atoms with Crippen LogP contribution in [0.2, 0.25) is 0 Å². The van der Waals surface area contributed by atoms with Crippen LogP contribution in [0.4, 0.5) is 22.7 Å². The molecule has 9 rings (SSSR count). The third-order valence-electron chi connectivity index (χ3n) is 11.6. The quantitative estimate of drug-likeness (QED) is 0.0926. The van der Waals surface area contributed by atoms with Crippen LogP contribution < -0.4 is 34.1 Å². The van der Waals surface area contributed by atoms with Gasteiger partial charge in [0.1, 0.15) is 24.7 Å². The van der Waals surface area contributed by atoms with Crippen molar-refractivity contribution >= 4 is 46.7 Å². The Morgan fingerprint density at radius 1 is 0.750 bits per heavy atom. The molecule has 0 saturated heterocycles. The molecule has 12 heteroatoms. The number of hydrogen-bond donors (Lipinski definition) is 1. The Labute approximate surface area is 348 Å². The second-order valence-electron chi connectivity index (χ2n) is 15.5. The van der Waals surface area contributed by atoms with E-state index in [-0.39, 0.29) is 43.1 Å². The first-order valence-electron chi connectivity index (χ1n) is 20.3. The van der Waals surface area contributed by atoms with E-state index in [1.807, 2.05) is 90.8 Å². The van der Waals surface area contributed by atoms with E-state index in [0.717, 1.165) is 45.7 Å². The number of nitrogens with one attached hydrogen (secondary N) is 1. The first-order chi connectivity index (χ1) is 29.3. The summed E-state index contributed by atoms with van der Waals surface area (Å²) in [5.74, 6) is 1.75. The summed E-state index contributed by atoms with van der Waals surface area (Å²) in [7, 11) is 2.94. The van der Waals surface area contributed by atoms with Crippen LogP contribution >= 0.6 is 0 Å². The fraction of sp³-hybridized carbons (Fsp3) is 0.292. The Kier molecular flexibility index (Phi) is 10.6. The number of methoxy groups -OCH3 is 2. The number of rotatable bonds is 13. The number of amides is 2. The summed E-state index contributed by atoms with van der Waals surface area (Å²) < 4.78 is 29.6. The smallest absolute Gasteiger partial charge is 0.305 e. The van der Waals surface area contributed by atoms with Crippen molar-refractivity contribution in [1.82, 2.24) is 0 Å². The second-order valence-corrected chi connectivity index (χ2v) is 15.5. The minimum atomic E-state index is -0.249. The van der Waals surface area contributed by atoms with Crippen molar-refractivity contribution in [2.75, 3.05) is 42.5 Å². The first kappa shape index (κ1) is 38.7. The third kappa shape index (κ3) is 7.49. The van der Waals surface area contributed by atoms with Gasteiger partial charge in [0.05, 0.1) is 55.4 Å². The zero-order valence-corrected chi connectivity index (χ0v) is 33.9. The van der Waals surface area contributed by atoms with Gasteiger partial charge in [0.15, 0.2) is 11.5 Å². The van der Waals surface area contributed by atoms with E-state index in [1.54, 1.807) is 24.1 Å². The number of aliphatic imine (C=N–C) groups is 1. The van der Waals surface area contributed by atoms with Gasteiger partial charge in [-0.05, 0) is 96.5 Å².